The summed E-state index contributed by atoms with van der Waals surface area (Å²) in [5, 5.41) is 13.0. The Morgan fingerprint density at radius 3 is 2.33 bits per heavy atom. The van der Waals surface area contributed by atoms with Crippen molar-refractivity contribution >= 4 is 17.4 Å². The maximum Gasteiger partial charge on any atom is 0.137 e. The molecule has 1 aromatic heterocycles. The largest absolute Gasteiger partial charge is 0.508 e. The Kier molecular flexibility index (Phi) is 4.37. The van der Waals surface area contributed by atoms with E-state index in [1.165, 1.54) is 0 Å². The predicted molar refractivity (Wildman–Crippen MR) is 85.9 cm³/mol. The lowest BCUT2D eigenvalue weighted by molar-refractivity contribution is 0.475. The zero-order valence-corrected chi connectivity index (χ0v) is 13.5. The van der Waals surface area contributed by atoms with Gasteiger partial charge in [-0.05, 0) is 24.6 Å². The first-order valence-corrected chi connectivity index (χ1v) is 7.21. The maximum absolute atomic E-state index is 9.29. The first-order valence-electron chi connectivity index (χ1n) is 6.84. The highest BCUT2D eigenvalue weighted by atomic mass is 35.5. The van der Waals surface area contributed by atoms with E-state index in [0.29, 0.717) is 17.5 Å². The lowest BCUT2D eigenvalue weighted by Crippen LogP contribution is -2.18. The van der Waals surface area contributed by atoms with E-state index in [9.17, 15) is 5.11 Å². The fourth-order valence-electron chi connectivity index (χ4n) is 1.80. The SMILES string of the molecule is Cc1c(Cl)nc(C(C)(C)C)nc1NCc1ccc(O)cc1. The normalized spacial score (nSPS) is 11.5. The predicted octanol–water partition coefficient (Wildman–Crippen LogP) is 4.05. The Balaban J connectivity index is 2.23. The van der Waals surface area contributed by atoms with Crippen molar-refractivity contribution in [3.8, 4) is 5.75 Å². The molecular formula is C16H20ClN3O. The van der Waals surface area contributed by atoms with Crippen LogP contribution in [0.1, 0.15) is 37.7 Å². The lowest BCUT2D eigenvalue weighted by Gasteiger charge is -2.19. The van der Waals surface area contributed by atoms with Gasteiger partial charge >= 0.3 is 0 Å². The van der Waals surface area contributed by atoms with E-state index in [1.807, 2.05) is 19.1 Å². The van der Waals surface area contributed by atoms with Crippen molar-refractivity contribution in [1.29, 1.82) is 0 Å². The standard InChI is InChI=1S/C16H20ClN3O/c1-10-13(17)19-15(16(2,3)4)20-14(10)18-9-11-5-7-12(21)8-6-11/h5-8,21H,9H2,1-4H3,(H,18,19,20). The molecule has 1 heterocycles. The van der Waals surface area contributed by atoms with Crippen LogP contribution >= 0.6 is 11.6 Å². The highest BCUT2D eigenvalue weighted by Crippen LogP contribution is 2.26. The molecule has 0 radical (unpaired) electrons. The minimum atomic E-state index is -0.160. The van der Waals surface area contributed by atoms with Crippen molar-refractivity contribution < 1.29 is 5.11 Å². The molecule has 2 rings (SSSR count). The zero-order chi connectivity index (χ0) is 15.6. The topological polar surface area (TPSA) is 58.0 Å². The van der Waals surface area contributed by atoms with Crippen LogP contribution in [0.5, 0.6) is 5.75 Å². The number of phenolic OH excluding ortho intramolecular Hbond substituents is 1. The van der Waals surface area contributed by atoms with Crippen molar-refractivity contribution in [2.45, 2.75) is 39.7 Å². The Hall–Kier alpha value is -1.81. The molecule has 0 saturated heterocycles. The molecule has 0 unspecified atom stereocenters. The second kappa shape index (κ2) is 5.90. The summed E-state index contributed by atoms with van der Waals surface area (Å²) in [5.41, 5.74) is 1.73. The van der Waals surface area contributed by atoms with Gasteiger partial charge in [-0.1, -0.05) is 44.5 Å². The van der Waals surface area contributed by atoms with Crippen LogP contribution in [0.15, 0.2) is 24.3 Å². The van der Waals surface area contributed by atoms with E-state index in [1.54, 1.807) is 12.1 Å². The number of nitrogens with zero attached hydrogens (tertiary/aromatic N) is 2. The Morgan fingerprint density at radius 1 is 1.14 bits per heavy atom. The minimum absolute atomic E-state index is 0.160. The van der Waals surface area contributed by atoms with E-state index < -0.39 is 0 Å². The van der Waals surface area contributed by atoms with E-state index in [2.05, 4.69) is 36.1 Å². The summed E-state index contributed by atoms with van der Waals surface area (Å²) in [6.45, 7) is 8.67. The number of hydrogen-bond acceptors (Lipinski definition) is 4. The molecular weight excluding hydrogens is 286 g/mol. The van der Waals surface area contributed by atoms with Crippen LogP contribution in [0.3, 0.4) is 0 Å². The van der Waals surface area contributed by atoms with Crippen molar-refractivity contribution in [2.24, 2.45) is 0 Å². The van der Waals surface area contributed by atoms with Crippen LogP contribution in [0.25, 0.3) is 0 Å². The van der Waals surface area contributed by atoms with Gasteiger partial charge in [0.1, 0.15) is 22.5 Å². The van der Waals surface area contributed by atoms with Gasteiger partial charge in [0.05, 0.1) is 0 Å². The average molecular weight is 306 g/mol. The molecule has 112 valence electrons. The van der Waals surface area contributed by atoms with E-state index in [0.717, 1.165) is 16.9 Å². The van der Waals surface area contributed by atoms with Crippen molar-refractivity contribution in [3.63, 3.8) is 0 Å². The third kappa shape index (κ3) is 3.85. The number of aromatic hydroxyl groups is 1. The maximum atomic E-state index is 9.29. The molecule has 0 spiro atoms. The van der Waals surface area contributed by atoms with Crippen LogP contribution in [0.4, 0.5) is 5.82 Å². The quantitative estimate of drug-likeness (QED) is 0.840. The van der Waals surface area contributed by atoms with Gasteiger partial charge in [-0.2, -0.15) is 0 Å². The third-order valence-corrected chi connectivity index (χ3v) is 3.52. The molecule has 0 fully saturated rings. The first-order chi connectivity index (χ1) is 9.77. The molecule has 0 aliphatic heterocycles. The first kappa shape index (κ1) is 15.6. The summed E-state index contributed by atoms with van der Waals surface area (Å²) < 4.78 is 0. The van der Waals surface area contributed by atoms with Crippen LogP contribution in [-0.4, -0.2) is 15.1 Å². The molecule has 2 aromatic rings. The van der Waals surface area contributed by atoms with Crippen molar-refractivity contribution in [1.82, 2.24) is 9.97 Å². The molecule has 0 aliphatic rings. The molecule has 0 bridgehead atoms. The summed E-state index contributed by atoms with van der Waals surface area (Å²) in [6.07, 6.45) is 0. The number of hydrogen-bond donors (Lipinski definition) is 2. The smallest absolute Gasteiger partial charge is 0.137 e. The number of nitrogens with one attached hydrogen (secondary N) is 1. The molecule has 21 heavy (non-hydrogen) atoms. The monoisotopic (exact) mass is 305 g/mol. The number of aromatic nitrogens is 2. The van der Waals surface area contributed by atoms with E-state index >= 15 is 0 Å². The van der Waals surface area contributed by atoms with Crippen LogP contribution in [0, 0.1) is 6.92 Å². The van der Waals surface area contributed by atoms with E-state index in [-0.39, 0.29) is 11.2 Å². The number of rotatable bonds is 3. The third-order valence-electron chi connectivity index (χ3n) is 3.15. The molecule has 1 aromatic carbocycles. The molecule has 5 heteroatoms. The van der Waals surface area contributed by atoms with Gasteiger partial charge < -0.3 is 10.4 Å². The lowest BCUT2D eigenvalue weighted by atomic mass is 9.95. The average Bonchev–Trinajstić information content (AvgIpc) is 2.41. The molecule has 2 N–H and O–H groups in total. The molecule has 0 saturated carbocycles. The molecule has 0 atom stereocenters. The van der Waals surface area contributed by atoms with E-state index in [4.69, 9.17) is 11.6 Å². The van der Waals surface area contributed by atoms with Gasteiger partial charge in [0.2, 0.25) is 0 Å². The summed E-state index contributed by atoms with van der Waals surface area (Å²) in [4.78, 5) is 8.93. The Morgan fingerprint density at radius 2 is 1.76 bits per heavy atom. The molecule has 0 amide bonds. The van der Waals surface area contributed by atoms with Gasteiger partial charge in [0.15, 0.2) is 0 Å². The summed E-state index contributed by atoms with van der Waals surface area (Å²) in [5.74, 6) is 1.72. The highest BCUT2D eigenvalue weighted by Gasteiger charge is 2.20. The highest BCUT2D eigenvalue weighted by molar-refractivity contribution is 6.30. The summed E-state index contributed by atoms with van der Waals surface area (Å²) >= 11 is 6.20. The zero-order valence-electron chi connectivity index (χ0n) is 12.7. The van der Waals surface area contributed by atoms with Gasteiger partial charge in [0.25, 0.3) is 0 Å². The van der Waals surface area contributed by atoms with Crippen LogP contribution < -0.4 is 5.32 Å². The Labute approximate surface area is 130 Å². The van der Waals surface area contributed by atoms with Crippen LogP contribution in [0.2, 0.25) is 5.15 Å². The minimum Gasteiger partial charge on any atom is -0.508 e. The molecule has 0 aliphatic carbocycles. The van der Waals surface area contributed by atoms with Gasteiger partial charge in [-0.25, -0.2) is 9.97 Å². The fraction of sp³-hybridized carbons (Fsp3) is 0.375. The number of anilines is 1. The Bertz CT molecular complexity index is 633. The summed E-state index contributed by atoms with van der Waals surface area (Å²) in [7, 11) is 0. The summed E-state index contributed by atoms with van der Waals surface area (Å²) in [6, 6.07) is 7.06. The number of benzene rings is 1. The number of phenols is 1. The van der Waals surface area contributed by atoms with Crippen molar-refractivity contribution in [3.05, 3.63) is 46.4 Å². The second-order valence-electron chi connectivity index (χ2n) is 6.08. The fourth-order valence-corrected chi connectivity index (χ4v) is 1.97. The number of halogens is 1. The van der Waals surface area contributed by atoms with Gasteiger partial charge in [0, 0.05) is 17.5 Å². The van der Waals surface area contributed by atoms with Gasteiger partial charge in [-0.3, -0.25) is 0 Å². The van der Waals surface area contributed by atoms with Crippen molar-refractivity contribution in [2.75, 3.05) is 5.32 Å². The van der Waals surface area contributed by atoms with Gasteiger partial charge in [-0.15, -0.1) is 0 Å². The second-order valence-corrected chi connectivity index (χ2v) is 6.44. The van der Waals surface area contributed by atoms with Crippen LogP contribution in [-0.2, 0) is 12.0 Å². The molecule has 4 nitrogen and oxygen atoms in total.